The summed E-state index contributed by atoms with van der Waals surface area (Å²) in [4.78, 5) is 26.0. The van der Waals surface area contributed by atoms with Crippen LogP contribution in [0.5, 0.6) is 5.75 Å². The van der Waals surface area contributed by atoms with Gasteiger partial charge in [-0.1, -0.05) is 24.3 Å². The molecule has 166 valence electrons. The van der Waals surface area contributed by atoms with Gasteiger partial charge in [-0.2, -0.15) is 10.5 Å². The van der Waals surface area contributed by atoms with Crippen molar-refractivity contribution in [3.63, 3.8) is 0 Å². The Balaban J connectivity index is 1.96. The lowest BCUT2D eigenvalue weighted by atomic mass is 9.70. The number of nitriles is 2. The Morgan fingerprint density at radius 3 is 2.42 bits per heavy atom. The Morgan fingerprint density at radius 1 is 1.09 bits per heavy atom. The number of nitrogens with one attached hydrogen (secondary N) is 1. The Kier molecular flexibility index (Phi) is 5.76. The number of hydrogen-bond acceptors (Lipinski definition) is 6. The van der Waals surface area contributed by atoms with E-state index in [-0.39, 0.29) is 23.0 Å². The molecular weight excluding hydrogens is 418 g/mol. The van der Waals surface area contributed by atoms with Gasteiger partial charge < -0.3 is 14.6 Å². The lowest BCUT2D eigenvalue weighted by Crippen LogP contribution is -2.47. The molecule has 0 saturated carbocycles. The number of rotatable bonds is 3. The smallest absolute Gasteiger partial charge is 0.330 e. The Hall–Kier alpha value is -4.30. The largest absolute Gasteiger partial charge is 0.497 e. The highest BCUT2D eigenvalue weighted by Crippen LogP contribution is 2.44. The molecule has 1 N–H and O–H groups in total. The second kappa shape index (κ2) is 8.68. The van der Waals surface area contributed by atoms with Gasteiger partial charge in [0, 0.05) is 31.4 Å². The summed E-state index contributed by atoms with van der Waals surface area (Å²) in [5.74, 6) is 0.207. The average Bonchev–Trinajstić information content (AvgIpc) is 3.05. The molecule has 2 aliphatic rings. The molecule has 2 aromatic rings. The van der Waals surface area contributed by atoms with Crippen LogP contribution in [0.2, 0.25) is 0 Å². The van der Waals surface area contributed by atoms with E-state index in [1.165, 1.54) is 11.6 Å². The molecule has 0 aliphatic heterocycles. The number of aromatic nitrogens is 2. The van der Waals surface area contributed by atoms with Crippen molar-refractivity contribution in [3.05, 3.63) is 91.8 Å². The fourth-order valence-electron chi connectivity index (χ4n) is 4.74. The maximum absolute atomic E-state index is 13.3. The van der Waals surface area contributed by atoms with Crippen LogP contribution in [-0.2, 0) is 20.5 Å². The SMILES string of the molecule is COc1ccc(N[C@@H]2c3c(n(C)c(=O)n(C)c3=O)C[C@H]3C(=C(C#N)C#N)C=CC=C[C@@H]23)cc1. The molecule has 2 aliphatic carbocycles. The van der Waals surface area contributed by atoms with Crippen LogP contribution in [0.4, 0.5) is 5.69 Å². The zero-order valence-electron chi connectivity index (χ0n) is 18.6. The first-order valence-electron chi connectivity index (χ1n) is 10.5. The van der Waals surface area contributed by atoms with E-state index in [2.05, 4.69) is 5.32 Å². The summed E-state index contributed by atoms with van der Waals surface area (Å²) in [6.45, 7) is 0. The first-order chi connectivity index (χ1) is 15.9. The van der Waals surface area contributed by atoms with Crippen molar-refractivity contribution >= 4 is 5.69 Å². The first-order valence-corrected chi connectivity index (χ1v) is 10.5. The van der Waals surface area contributed by atoms with Crippen molar-refractivity contribution in [3.8, 4) is 17.9 Å². The number of fused-ring (bicyclic) bond motifs is 2. The summed E-state index contributed by atoms with van der Waals surface area (Å²) in [6, 6.07) is 10.9. The summed E-state index contributed by atoms with van der Waals surface area (Å²) in [5.41, 5.74) is 1.77. The molecule has 0 unspecified atom stereocenters. The molecule has 0 saturated heterocycles. The van der Waals surface area contributed by atoms with E-state index in [9.17, 15) is 20.1 Å². The van der Waals surface area contributed by atoms with Crippen molar-refractivity contribution < 1.29 is 4.74 Å². The van der Waals surface area contributed by atoms with Gasteiger partial charge in [0.2, 0.25) is 0 Å². The molecule has 8 heteroatoms. The fourth-order valence-corrected chi connectivity index (χ4v) is 4.74. The van der Waals surface area contributed by atoms with E-state index in [1.54, 1.807) is 26.3 Å². The van der Waals surface area contributed by atoms with Gasteiger partial charge in [-0.15, -0.1) is 0 Å². The third-order valence-electron chi connectivity index (χ3n) is 6.44. The Bertz CT molecular complexity index is 1380. The number of nitrogens with zero attached hydrogens (tertiary/aromatic N) is 4. The number of anilines is 1. The third-order valence-corrected chi connectivity index (χ3v) is 6.44. The highest BCUT2D eigenvalue weighted by Gasteiger charge is 2.41. The molecule has 1 aromatic carbocycles. The molecule has 0 spiro atoms. The molecular formula is C25H23N5O3. The number of benzene rings is 1. The summed E-state index contributed by atoms with van der Waals surface area (Å²) in [5, 5.41) is 22.6. The molecule has 0 amide bonds. The fraction of sp³-hybridized carbons (Fsp3) is 0.280. The normalized spacial score (nSPS) is 20.6. The zero-order valence-corrected chi connectivity index (χ0v) is 18.6. The van der Waals surface area contributed by atoms with Gasteiger partial charge in [0.05, 0.1) is 18.7 Å². The minimum atomic E-state index is -0.484. The van der Waals surface area contributed by atoms with Crippen LogP contribution >= 0.6 is 0 Å². The quantitative estimate of drug-likeness (QED) is 0.733. The minimum absolute atomic E-state index is 0.0328. The van der Waals surface area contributed by atoms with Crippen LogP contribution in [0.15, 0.2) is 69.3 Å². The molecule has 0 fully saturated rings. The summed E-state index contributed by atoms with van der Waals surface area (Å²) in [7, 11) is 4.71. The number of hydrogen-bond donors (Lipinski definition) is 1. The van der Waals surface area contributed by atoms with Crippen LogP contribution in [0, 0.1) is 34.5 Å². The molecule has 3 atom stereocenters. The maximum atomic E-state index is 13.3. The van der Waals surface area contributed by atoms with Crippen LogP contribution < -0.4 is 21.3 Å². The second-order valence-corrected chi connectivity index (χ2v) is 8.10. The topological polar surface area (TPSA) is 113 Å². The average molecular weight is 441 g/mol. The maximum Gasteiger partial charge on any atom is 0.330 e. The van der Waals surface area contributed by atoms with Crippen LogP contribution in [0.3, 0.4) is 0 Å². The van der Waals surface area contributed by atoms with Crippen LogP contribution in [0.1, 0.15) is 17.3 Å². The Labute approximate surface area is 191 Å². The van der Waals surface area contributed by atoms with E-state index in [4.69, 9.17) is 4.74 Å². The predicted molar refractivity (Wildman–Crippen MR) is 123 cm³/mol. The van der Waals surface area contributed by atoms with Gasteiger partial charge in [0.15, 0.2) is 0 Å². The number of methoxy groups -OCH3 is 1. The molecule has 0 bridgehead atoms. The lowest BCUT2D eigenvalue weighted by molar-refractivity contribution is 0.357. The highest BCUT2D eigenvalue weighted by atomic mass is 16.5. The molecule has 4 rings (SSSR count). The second-order valence-electron chi connectivity index (χ2n) is 8.10. The van der Waals surface area contributed by atoms with E-state index >= 15 is 0 Å². The van der Waals surface area contributed by atoms with Crippen molar-refractivity contribution in [2.45, 2.75) is 12.5 Å². The van der Waals surface area contributed by atoms with Crippen molar-refractivity contribution in [1.82, 2.24) is 9.13 Å². The molecule has 1 heterocycles. The first kappa shape index (κ1) is 21.9. The van der Waals surface area contributed by atoms with E-state index in [0.29, 0.717) is 29.0 Å². The van der Waals surface area contributed by atoms with Gasteiger partial charge in [0.1, 0.15) is 23.5 Å². The van der Waals surface area contributed by atoms with Crippen LogP contribution in [-0.4, -0.2) is 16.2 Å². The van der Waals surface area contributed by atoms with E-state index in [1.807, 2.05) is 48.6 Å². The summed E-state index contributed by atoms with van der Waals surface area (Å²) < 4.78 is 7.85. The standard InChI is InChI=1S/C25H23N5O3/c1-29-21-12-20-18(15(13-26)14-27)6-4-5-7-19(20)23(22(21)24(31)30(2)25(29)32)28-16-8-10-17(33-3)11-9-16/h4-11,19-20,23,28H,12H2,1-3H3/t19-,20+,23+/m1/s1. The predicted octanol–water partition coefficient (Wildman–Crippen LogP) is 2.50. The van der Waals surface area contributed by atoms with Gasteiger partial charge >= 0.3 is 5.69 Å². The summed E-state index contributed by atoms with van der Waals surface area (Å²) >= 11 is 0. The van der Waals surface area contributed by atoms with Gasteiger partial charge in [0.25, 0.3) is 5.56 Å². The van der Waals surface area contributed by atoms with Gasteiger partial charge in [-0.3, -0.25) is 9.36 Å². The molecule has 8 nitrogen and oxygen atoms in total. The van der Waals surface area contributed by atoms with Crippen LogP contribution in [0.25, 0.3) is 0 Å². The number of ether oxygens (including phenoxy) is 1. The third kappa shape index (κ3) is 3.66. The zero-order chi connectivity index (χ0) is 23.7. The number of allylic oxidation sites excluding steroid dienone is 5. The van der Waals surface area contributed by atoms with Crippen molar-refractivity contribution in [1.29, 1.82) is 10.5 Å². The monoisotopic (exact) mass is 441 g/mol. The molecule has 1 aromatic heterocycles. The molecule has 33 heavy (non-hydrogen) atoms. The lowest BCUT2D eigenvalue weighted by Gasteiger charge is -2.39. The summed E-state index contributed by atoms with van der Waals surface area (Å²) in [6.07, 6.45) is 7.80. The molecule has 0 radical (unpaired) electrons. The van der Waals surface area contributed by atoms with E-state index in [0.717, 1.165) is 10.3 Å². The Morgan fingerprint density at radius 2 is 1.79 bits per heavy atom. The van der Waals surface area contributed by atoms with Gasteiger partial charge in [-0.05, 0) is 42.2 Å². The highest BCUT2D eigenvalue weighted by molar-refractivity contribution is 5.53. The minimum Gasteiger partial charge on any atom is -0.497 e. The van der Waals surface area contributed by atoms with Crippen molar-refractivity contribution in [2.24, 2.45) is 25.9 Å². The van der Waals surface area contributed by atoms with E-state index < -0.39 is 11.7 Å². The van der Waals surface area contributed by atoms with Crippen molar-refractivity contribution in [2.75, 3.05) is 12.4 Å². The van der Waals surface area contributed by atoms with Gasteiger partial charge in [-0.25, -0.2) is 4.79 Å².